The van der Waals surface area contributed by atoms with Crippen molar-refractivity contribution >= 4 is 35.5 Å². The van der Waals surface area contributed by atoms with Crippen LogP contribution in [-0.4, -0.2) is 40.6 Å². The van der Waals surface area contributed by atoms with Gasteiger partial charge in [-0.05, 0) is 12.8 Å². The molecule has 0 heterocycles. The molecule has 0 spiro atoms. The van der Waals surface area contributed by atoms with Gasteiger partial charge in [0.1, 0.15) is 0 Å². The number of carbonyl (C=O) groups is 1. The summed E-state index contributed by atoms with van der Waals surface area (Å²) in [5.41, 5.74) is 0. The minimum atomic E-state index is -0.936. The van der Waals surface area contributed by atoms with Crippen molar-refractivity contribution in [3.63, 3.8) is 0 Å². The molecular weight excluding hydrogens is 333 g/mol. The number of hydrogen-bond acceptors (Lipinski definition) is 2. The molecule has 26 heavy (non-hydrogen) atoms. The molecule has 0 saturated heterocycles. The zero-order chi connectivity index (χ0) is 17.7. The van der Waals surface area contributed by atoms with Crippen LogP contribution in [0.25, 0.3) is 0 Å². The van der Waals surface area contributed by atoms with E-state index in [1.54, 1.807) is 12.2 Å². The van der Waals surface area contributed by atoms with E-state index in [1.807, 2.05) is 36.5 Å². The molecule has 0 aromatic rings. The first kappa shape index (κ1) is 29.6. The third kappa shape index (κ3) is 27.7. The quantitative estimate of drug-likeness (QED) is 0.169. The normalized spacial score (nSPS) is 12.0. The molecule has 3 nitrogen and oxygen atoms in total. The molecule has 0 amide bonds. The van der Waals surface area contributed by atoms with Crippen molar-refractivity contribution in [1.82, 2.24) is 6.15 Å². The number of allylic oxidation sites excluding steroid dienone is 11. The van der Waals surface area contributed by atoms with E-state index in [0.717, 1.165) is 12.5 Å². The summed E-state index contributed by atoms with van der Waals surface area (Å²) >= 11 is 0. The van der Waals surface area contributed by atoms with E-state index in [-0.39, 0.29) is 35.7 Å². The van der Waals surface area contributed by atoms with E-state index in [9.17, 15) is 4.79 Å². The van der Waals surface area contributed by atoms with Gasteiger partial charge in [0, 0.05) is 6.08 Å². The second-order valence-electron chi connectivity index (χ2n) is 5.58. The average Bonchev–Trinajstić information content (AvgIpc) is 2.56. The van der Waals surface area contributed by atoms with E-state index in [4.69, 9.17) is 5.11 Å². The first-order valence-corrected chi connectivity index (χ1v) is 9.00. The molecule has 142 valence electrons. The fourth-order valence-electron chi connectivity index (χ4n) is 2.05. The molecule has 4 N–H and O–H groups in total. The van der Waals surface area contributed by atoms with Crippen molar-refractivity contribution < 1.29 is 9.90 Å². The van der Waals surface area contributed by atoms with Gasteiger partial charge in [0.15, 0.2) is 0 Å². The number of aliphatic carboxylic acids is 1. The zero-order valence-corrected chi connectivity index (χ0v) is 15.6. The molecular formula is C22H36NNaO2. The topological polar surface area (TPSA) is 72.3 Å². The van der Waals surface area contributed by atoms with Gasteiger partial charge >= 0.3 is 35.5 Å². The number of carboxylic acid groups (broad SMARTS) is 1. The number of carboxylic acids is 1. The summed E-state index contributed by atoms with van der Waals surface area (Å²) in [5, 5.41) is 8.39. The third-order valence-electron chi connectivity index (χ3n) is 3.35. The van der Waals surface area contributed by atoms with Crippen LogP contribution in [0.4, 0.5) is 0 Å². The van der Waals surface area contributed by atoms with E-state index in [1.165, 1.54) is 51.0 Å². The Morgan fingerprint density at radius 2 is 1.12 bits per heavy atom. The molecule has 0 saturated carbocycles. The maximum absolute atomic E-state index is 10.2. The van der Waals surface area contributed by atoms with Crippen LogP contribution in [0.2, 0.25) is 0 Å². The van der Waals surface area contributed by atoms with Crippen molar-refractivity contribution in [2.45, 2.75) is 58.3 Å². The predicted octanol–water partition coefficient (Wildman–Crippen LogP) is 6.06. The second-order valence-corrected chi connectivity index (χ2v) is 5.58. The second kappa shape index (κ2) is 26.1. The summed E-state index contributed by atoms with van der Waals surface area (Å²) in [4.78, 5) is 10.2. The molecule has 4 heteroatoms. The van der Waals surface area contributed by atoms with E-state index in [2.05, 4.69) is 19.1 Å². The van der Waals surface area contributed by atoms with Gasteiger partial charge in [0.05, 0.1) is 0 Å². The molecule has 0 radical (unpaired) electrons. The first-order chi connectivity index (χ1) is 11.8. The minimum absolute atomic E-state index is 0. The van der Waals surface area contributed by atoms with Crippen molar-refractivity contribution in [1.29, 1.82) is 0 Å². The molecule has 0 aromatic carbocycles. The van der Waals surface area contributed by atoms with Crippen LogP contribution >= 0.6 is 0 Å². The molecule has 0 bridgehead atoms. The fourth-order valence-corrected chi connectivity index (χ4v) is 2.05. The summed E-state index contributed by atoms with van der Waals surface area (Å²) in [5.74, 6) is -0.936. The van der Waals surface area contributed by atoms with Gasteiger partial charge in [-0.1, -0.05) is 112 Å². The van der Waals surface area contributed by atoms with Gasteiger partial charge in [-0.15, -0.1) is 0 Å². The Balaban J connectivity index is -0.00000264. The Hall–Kier alpha value is -1.13. The number of hydrogen-bond donors (Lipinski definition) is 2. The van der Waals surface area contributed by atoms with Crippen LogP contribution in [0, 0.1) is 0 Å². The molecule has 0 aliphatic carbocycles. The van der Waals surface area contributed by atoms with E-state index >= 15 is 0 Å². The summed E-state index contributed by atoms with van der Waals surface area (Å²) in [6.45, 7) is 2.25. The molecule has 0 unspecified atom stereocenters. The summed E-state index contributed by atoms with van der Waals surface area (Å²) in [6.07, 6.45) is 32.7. The third-order valence-corrected chi connectivity index (χ3v) is 3.35. The van der Waals surface area contributed by atoms with Crippen LogP contribution in [0.1, 0.15) is 58.3 Å². The standard InChI is InChI=1S/C22H32O2.H3N.Na.H/c1-2-3-4-5-6-7-8-9-10-11-12-13-14-15-16-17-18-19-20-21-22(23)24;;;/h10-21H,2-9H2,1H3,(H,23,24);1H3;;. The Morgan fingerprint density at radius 3 is 1.62 bits per heavy atom. The van der Waals surface area contributed by atoms with Crippen LogP contribution < -0.4 is 6.15 Å². The molecule has 0 atom stereocenters. The fraction of sp³-hybridized carbons (Fsp3) is 0.409. The number of unbranched alkanes of at least 4 members (excludes halogenated alkanes) is 7. The van der Waals surface area contributed by atoms with E-state index < -0.39 is 5.97 Å². The summed E-state index contributed by atoms with van der Waals surface area (Å²) in [6, 6.07) is 0. The number of rotatable bonds is 14. The van der Waals surface area contributed by atoms with Gasteiger partial charge < -0.3 is 11.3 Å². The van der Waals surface area contributed by atoms with Gasteiger partial charge in [-0.25, -0.2) is 4.79 Å². The average molecular weight is 370 g/mol. The predicted molar refractivity (Wildman–Crippen MR) is 117 cm³/mol. The van der Waals surface area contributed by atoms with Crippen LogP contribution in [0.15, 0.2) is 72.9 Å². The molecule has 0 aliphatic rings. The maximum atomic E-state index is 10.2. The molecule has 0 fully saturated rings. The Kier molecular flexibility index (Phi) is 29.7. The Morgan fingerprint density at radius 1 is 0.692 bits per heavy atom. The van der Waals surface area contributed by atoms with Crippen LogP contribution in [0.3, 0.4) is 0 Å². The summed E-state index contributed by atoms with van der Waals surface area (Å²) < 4.78 is 0. The van der Waals surface area contributed by atoms with Crippen LogP contribution in [-0.2, 0) is 4.79 Å². The van der Waals surface area contributed by atoms with Gasteiger partial charge in [0.2, 0.25) is 0 Å². The molecule has 0 aromatic heterocycles. The van der Waals surface area contributed by atoms with Gasteiger partial charge in [-0.3, -0.25) is 0 Å². The van der Waals surface area contributed by atoms with Crippen molar-refractivity contribution in [2.24, 2.45) is 0 Å². The zero-order valence-electron chi connectivity index (χ0n) is 15.6. The van der Waals surface area contributed by atoms with Gasteiger partial charge in [-0.2, -0.15) is 0 Å². The first-order valence-electron chi connectivity index (χ1n) is 9.00. The molecule has 0 aliphatic heterocycles. The van der Waals surface area contributed by atoms with Crippen LogP contribution in [0.5, 0.6) is 0 Å². The Labute approximate surface area is 182 Å². The SMILES string of the molecule is CCCCCCCCCC=CC=CC=CC=CC=CC=CC(=O)O.N.[NaH]. The van der Waals surface area contributed by atoms with E-state index in [0.29, 0.717) is 0 Å². The Bertz CT molecular complexity index is 475. The van der Waals surface area contributed by atoms with Crippen molar-refractivity contribution in [3.05, 3.63) is 72.9 Å². The van der Waals surface area contributed by atoms with Gasteiger partial charge in [0.25, 0.3) is 0 Å². The molecule has 0 rings (SSSR count). The van der Waals surface area contributed by atoms with Crippen molar-refractivity contribution in [3.8, 4) is 0 Å². The van der Waals surface area contributed by atoms with Crippen molar-refractivity contribution in [2.75, 3.05) is 0 Å². The monoisotopic (exact) mass is 369 g/mol. The summed E-state index contributed by atoms with van der Waals surface area (Å²) in [7, 11) is 0.